The van der Waals surface area contributed by atoms with Crippen LogP contribution in [0.4, 0.5) is 0 Å². The van der Waals surface area contributed by atoms with Crippen LogP contribution in [0.15, 0.2) is 21.5 Å². The number of hydrogen-bond donors (Lipinski definition) is 1. The van der Waals surface area contributed by atoms with E-state index >= 15 is 0 Å². The van der Waals surface area contributed by atoms with Crippen LogP contribution in [0, 0.1) is 10.5 Å². The van der Waals surface area contributed by atoms with Gasteiger partial charge in [0, 0.05) is 12.9 Å². The molecule has 0 unspecified atom stereocenters. The number of aryl methyl sites for hydroxylation is 1. The van der Waals surface area contributed by atoms with Gasteiger partial charge in [0.25, 0.3) is 0 Å². The molecule has 54 valence electrons. The van der Waals surface area contributed by atoms with E-state index in [0.29, 0.717) is 0 Å². The van der Waals surface area contributed by atoms with E-state index in [4.69, 9.17) is 0 Å². The molecule has 0 nitrogen and oxygen atoms in total. The van der Waals surface area contributed by atoms with Crippen LogP contribution in [0.3, 0.4) is 0 Å². The lowest BCUT2D eigenvalue weighted by Crippen LogP contribution is -1.80. The molecule has 0 bridgehead atoms. The predicted molar refractivity (Wildman–Crippen MR) is 58.8 cm³/mol. The molecule has 0 aliphatic heterocycles. The molecule has 3 heteroatoms. The highest BCUT2D eigenvalue weighted by Gasteiger charge is 2.00. The van der Waals surface area contributed by atoms with Gasteiger partial charge in [-0.1, -0.05) is 0 Å². The molecule has 0 aliphatic carbocycles. The molecular weight excluding hydrogens is 323 g/mol. The van der Waals surface area contributed by atoms with Gasteiger partial charge < -0.3 is 0 Å². The third-order valence-corrected chi connectivity index (χ3v) is 4.46. The standard InChI is InChI=1S/C7H6BrIS/c1-4-2-5(8)7(9)6(10)3-4/h2-3,10H,1H3. The minimum absolute atomic E-state index is 1.03. The van der Waals surface area contributed by atoms with Gasteiger partial charge in [0.2, 0.25) is 0 Å². The zero-order chi connectivity index (χ0) is 7.72. The van der Waals surface area contributed by atoms with Crippen LogP contribution in [0.25, 0.3) is 0 Å². The Kier molecular flexibility index (Phi) is 3.06. The fourth-order valence-corrected chi connectivity index (χ4v) is 2.07. The van der Waals surface area contributed by atoms with Gasteiger partial charge in [-0.3, -0.25) is 0 Å². The highest BCUT2D eigenvalue weighted by atomic mass is 127. The molecule has 0 amide bonds. The Balaban J connectivity index is 3.31. The van der Waals surface area contributed by atoms with E-state index in [2.05, 4.69) is 70.2 Å². The molecule has 0 saturated carbocycles. The summed E-state index contributed by atoms with van der Waals surface area (Å²) in [5, 5.41) is 0. The lowest BCUT2D eigenvalue weighted by molar-refractivity contribution is 1.31. The second-order valence-corrected chi connectivity index (χ2v) is 4.49. The second-order valence-electron chi connectivity index (χ2n) is 2.08. The van der Waals surface area contributed by atoms with Crippen molar-refractivity contribution in [2.24, 2.45) is 0 Å². The van der Waals surface area contributed by atoms with Gasteiger partial charge in [-0.2, -0.15) is 0 Å². The third-order valence-electron chi connectivity index (χ3n) is 1.15. The van der Waals surface area contributed by atoms with Crippen LogP contribution in [-0.4, -0.2) is 0 Å². The molecule has 0 aromatic heterocycles. The Morgan fingerprint density at radius 2 is 2.10 bits per heavy atom. The van der Waals surface area contributed by atoms with Crippen molar-refractivity contribution in [1.29, 1.82) is 0 Å². The summed E-state index contributed by atoms with van der Waals surface area (Å²) in [4.78, 5) is 1.03. The second kappa shape index (κ2) is 3.45. The lowest BCUT2D eigenvalue weighted by Gasteiger charge is -2.00. The summed E-state index contributed by atoms with van der Waals surface area (Å²) in [7, 11) is 0. The number of hydrogen-bond acceptors (Lipinski definition) is 1. The van der Waals surface area contributed by atoms with Crippen LogP contribution >= 0.6 is 51.1 Å². The maximum Gasteiger partial charge on any atom is 0.0406 e. The molecule has 0 atom stereocenters. The zero-order valence-electron chi connectivity index (χ0n) is 5.36. The van der Waals surface area contributed by atoms with Crippen LogP contribution in [0.5, 0.6) is 0 Å². The fourth-order valence-electron chi connectivity index (χ4n) is 0.706. The highest BCUT2D eigenvalue weighted by Crippen LogP contribution is 2.26. The summed E-state index contributed by atoms with van der Waals surface area (Å²) in [6.45, 7) is 2.06. The number of rotatable bonds is 0. The monoisotopic (exact) mass is 328 g/mol. The van der Waals surface area contributed by atoms with Gasteiger partial charge in [0.05, 0.1) is 0 Å². The Bertz CT molecular complexity index is 237. The molecular formula is C7H6BrIS. The third kappa shape index (κ3) is 1.89. The number of halogens is 2. The minimum atomic E-state index is 1.03. The van der Waals surface area contributed by atoms with E-state index in [1.807, 2.05) is 0 Å². The summed E-state index contributed by atoms with van der Waals surface area (Å²) in [6, 6.07) is 4.14. The van der Waals surface area contributed by atoms with Crippen molar-refractivity contribution in [3.63, 3.8) is 0 Å². The van der Waals surface area contributed by atoms with E-state index in [0.717, 1.165) is 9.37 Å². The van der Waals surface area contributed by atoms with Crippen LogP contribution in [-0.2, 0) is 0 Å². The molecule has 1 aromatic rings. The smallest absolute Gasteiger partial charge is 0.0406 e. The maximum absolute atomic E-state index is 4.30. The SMILES string of the molecule is Cc1cc(S)c(I)c(Br)c1. The van der Waals surface area contributed by atoms with E-state index in [9.17, 15) is 0 Å². The van der Waals surface area contributed by atoms with Gasteiger partial charge in [-0.05, 0) is 63.1 Å². The summed E-state index contributed by atoms with van der Waals surface area (Å²) < 4.78 is 2.30. The molecule has 0 spiro atoms. The predicted octanol–water partition coefficient (Wildman–Crippen LogP) is 3.65. The van der Waals surface area contributed by atoms with Gasteiger partial charge in [0.1, 0.15) is 0 Å². The van der Waals surface area contributed by atoms with Crippen LogP contribution < -0.4 is 0 Å². The number of thiol groups is 1. The molecule has 0 heterocycles. The normalized spacial score (nSPS) is 10.0. The Hall–Kier alpha value is 0.780. The molecule has 0 fully saturated rings. The first-order chi connectivity index (χ1) is 4.61. The molecule has 0 aliphatic rings. The summed E-state index contributed by atoms with van der Waals surface area (Å²) in [5.41, 5.74) is 1.23. The van der Waals surface area contributed by atoms with Gasteiger partial charge >= 0.3 is 0 Å². The molecule has 1 rings (SSSR count). The summed E-state index contributed by atoms with van der Waals surface area (Å²) in [6.07, 6.45) is 0. The number of benzene rings is 1. The van der Waals surface area contributed by atoms with Crippen molar-refractivity contribution in [2.45, 2.75) is 11.8 Å². The largest absolute Gasteiger partial charge is 0.142 e. The molecule has 0 saturated heterocycles. The van der Waals surface area contributed by atoms with Crippen molar-refractivity contribution in [1.82, 2.24) is 0 Å². The van der Waals surface area contributed by atoms with Crippen molar-refractivity contribution in [3.8, 4) is 0 Å². The van der Waals surface area contributed by atoms with E-state index in [-0.39, 0.29) is 0 Å². The van der Waals surface area contributed by atoms with Crippen LogP contribution in [0.2, 0.25) is 0 Å². The Labute approximate surface area is 88.1 Å². The minimum Gasteiger partial charge on any atom is -0.142 e. The highest BCUT2D eigenvalue weighted by molar-refractivity contribution is 14.1. The van der Waals surface area contributed by atoms with Crippen molar-refractivity contribution in [3.05, 3.63) is 25.7 Å². The van der Waals surface area contributed by atoms with Gasteiger partial charge in [-0.15, -0.1) is 12.6 Å². The van der Waals surface area contributed by atoms with Crippen LogP contribution in [0.1, 0.15) is 5.56 Å². The zero-order valence-corrected chi connectivity index (χ0v) is 10.00. The molecule has 0 radical (unpaired) electrons. The first-order valence-electron chi connectivity index (χ1n) is 2.76. The molecule has 10 heavy (non-hydrogen) atoms. The van der Waals surface area contributed by atoms with Gasteiger partial charge in [0.15, 0.2) is 0 Å². The van der Waals surface area contributed by atoms with Crippen molar-refractivity contribution < 1.29 is 0 Å². The van der Waals surface area contributed by atoms with E-state index < -0.39 is 0 Å². The first kappa shape index (κ1) is 8.87. The lowest BCUT2D eigenvalue weighted by atomic mass is 10.2. The average Bonchev–Trinajstić information content (AvgIpc) is 1.82. The molecule has 1 aromatic carbocycles. The average molecular weight is 329 g/mol. The van der Waals surface area contributed by atoms with Crippen molar-refractivity contribution in [2.75, 3.05) is 0 Å². The molecule has 0 N–H and O–H groups in total. The maximum atomic E-state index is 4.30. The van der Waals surface area contributed by atoms with E-state index in [1.165, 1.54) is 9.13 Å². The quantitative estimate of drug-likeness (QED) is 0.545. The van der Waals surface area contributed by atoms with E-state index in [1.54, 1.807) is 0 Å². The summed E-state index contributed by atoms with van der Waals surface area (Å²) >= 11 is 10.0. The van der Waals surface area contributed by atoms with Crippen molar-refractivity contribution >= 4 is 51.1 Å². The Morgan fingerprint density at radius 1 is 1.50 bits per heavy atom. The Morgan fingerprint density at radius 3 is 2.60 bits per heavy atom. The fraction of sp³-hybridized carbons (Fsp3) is 0.143. The first-order valence-corrected chi connectivity index (χ1v) is 5.08. The van der Waals surface area contributed by atoms with Gasteiger partial charge in [-0.25, -0.2) is 0 Å². The summed E-state index contributed by atoms with van der Waals surface area (Å²) in [5.74, 6) is 0. The topological polar surface area (TPSA) is 0 Å².